The zero-order chi connectivity index (χ0) is 16.3. The number of halogens is 4. The molecular weight excluding hydrogens is 323 g/mol. The van der Waals surface area contributed by atoms with Crippen LogP contribution in [0, 0.1) is 0 Å². The van der Waals surface area contributed by atoms with E-state index in [0.29, 0.717) is 4.68 Å². The number of nitrogens with zero attached hydrogens (tertiary/aromatic N) is 2. The summed E-state index contributed by atoms with van der Waals surface area (Å²) in [4.78, 5) is 16.4. The maximum atomic E-state index is 13.3. The zero-order valence-corrected chi connectivity index (χ0v) is 12.1. The molecule has 1 aromatic carbocycles. The van der Waals surface area contributed by atoms with Gasteiger partial charge in [-0.05, 0) is 25.1 Å². The van der Waals surface area contributed by atoms with Crippen molar-refractivity contribution in [2.75, 3.05) is 6.61 Å². The molecule has 118 valence electrons. The van der Waals surface area contributed by atoms with Gasteiger partial charge in [0.15, 0.2) is 5.69 Å². The van der Waals surface area contributed by atoms with E-state index in [9.17, 15) is 18.0 Å². The lowest BCUT2D eigenvalue weighted by Crippen LogP contribution is -2.26. The van der Waals surface area contributed by atoms with Gasteiger partial charge in [0.2, 0.25) is 0 Å². The van der Waals surface area contributed by atoms with Crippen LogP contribution in [0.2, 0.25) is 5.02 Å². The van der Waals surface area contributed by atoms with Crippen molar-refractivity contribution in [3.05, 3.63) is 46.7 Å². The lowest BCUT2D eigenvalue weighted by atomic mass is 10.2. The number of hydroxylamine groups is 1. The molecule has 0 bridgehead atoms. The van der Waals surface area contributed by atoms with Crippen LogP contribution < -0.4 is 5.48 Å². The smallest absolute Gasteiger partial charge is 0.274 e. The van der Waals surface area contributed by atoms with Crippen molar-refractivity contribution < 1.29 is 22.8 Å². The molecule has 0 spiro atoms. The van der Waals surface area contributed by atoms with Crippen LogP contribution in [0.3, 0.4) is 0 Å². The Hall–Kier alpha value is -2.06. The normalized spacial score (nSPS) is 11.5. The Balaban J connectivity index is 2.52. The Morgan fingerprint density at radius 1 is 1.45 bits per heavy atom. The maximum Gasteiger partial charge on any atom is 0.434 e. The van der Waals surface area contributed by atoms with E-state index in [2.05, 4.69) is 9.94 Å². The fraction of sp³-hybridized carbons (Fsp3) is 0.231. The van der Waals surface area contributed by atoms with Crippen molar-refractivity contribution in [1.29, 1.82) is 0 Å². The summed E-state index contributed by atoms with van der Waals surface area (Å²) in [5.74, 6) is -1.03. The van der Waals surface area contributed by atoms with Crippen molar-refractivity contribution in [2.24, 2.45) is 0 Å². The van der Waals surface area contributed by atoms with Crippen molar-refractivity contribution in [2.45, 2.75) is 13.1 Å². The second kappa shape index (κ2) is 6.37. The number of benzene rings is 1. The van der Waals surface area contributed by atoms with E-state index in [1.165, 1.54) is 24.3 Å². The van der Waals surface area contributed by atoms with E-state index in [1.807, 2.05) is 5.48 Å². The molecule has 1 aromatic heterocycles. The van der Waals surface area contributed by atoms with E-state index >= 15 is 0 Å². The first-order chi connectivity index (χ1) is 10.3. The molecular formula is C13H11ClF3N3O2. The van der Waals surface area contributed by atoms with Gasteiger partial charge in [-0.2, -0.15) is 18.3 Å². The molecule has 0 saturated carbocycles. The van der Waals surface area contributed by atoms with Crippen LogP contribution in [0.5, 0.6) is 0 Å². The number of carbonyl (C=O) groups excluding carboxylic acids is 1. The van der Waals surface area contributed by atoms with E-state index in [1.54, 1.807) is 6.92 Å². The Bertz CT molecular complexity index is 685. The molecule has 2 rings (SSSR count). The fourth-order valence-electron chi connectivity index (χ4n) is 1.78. The third-order valence-electron chi connectivity index (χ3n) is 2.64. The molecule has 2 aromatic rings. The molecule has 0 fully saturated rings. The van der Waals surface area contributed by atoms with Crippen LogP contribution in [-0.2, 0) is 11.0 Å². The van der Waals surface area contributed by atoms with Gasteiger partial charge in [-0.3, -0.25) is 9.63 Å². The number of alkyl halides is 3. The number of hydrogen-bond acceptors (Lipinski definition) is 3. The van der Waals surface area contributed by atoms with Crippen LogP contribution >= 0.6 is 11.6 Å². The Kier molecular flexibility index (Phi) is 4.72. The van der Waals surface area contributed by atoms with Crippen molar-refractivity contribution in [3.8, 4) is 5.69 Å². The van der Waals surface area contributed by atoms with Crippen LogP contribution in [0.15, 0.2) is 30.5 Å². The SMILES string of the molecule is CCONC(=O)c1cnn(-c2cccc(Cl)c2)c1C(F)(F)F. The summed E-state index contributed by atoms with van der Waals surface area (Å²) < 4.78 is 40.5. The number of carbonyl (C=O) groups is 1. The average molecular weight is 334 g/mol. The predicted octanol–water partition coefficient (Wildman–Crippen LogP) is 3.23. The average Bonchev–Trinajstić information content (AvgIpc) is 2.89. The summed E-state index contributed by atoms with van der Waals surface area (Å²) in [6.07, 6.45) is -3.95. The van der Waals surface area contributed by atoms with E-state index in [0.717, 1.165) is 6.20 Å². The number of amides is 1. The van der Waals surface area contributed by atoms with Crippen LogP contribution in [0.4, 0.5) is 13.2 Å². The standard InChI is InChI=1S/C13H11ClF3N3O2/c1-2-22-19-12(21)10-7-18-20(11(10)13(15,16)17)9-5-3-4-8(14)6-9/h3-7H,2H2,1H3,(H,19,21). The summed E-state index contributed by atoms with van der Waals surface area (Å²) >= 11 is 5.78. The van der Waals surface area contributed by atoms with Gasteiger partial charge in [0.1, 0.15) is 0 Å². The third-order valence-corrected chi connectivity index (χ3v) is 2.88. The van der Waals surface area contributed by atoms with E-state index in [4.69, 9.17) is 11.6 Å². The van der Waals surface area contributed by atoms with Gasteiger partial charge in [0, 0.05) is 5.02 Å². The largest absolute Gasteiger partial charge is 0.434 e. The van der Waals surface area contributed by atoms with E-state index in [-0.39, 0.29) is 17.3 Å². The molecule has 0 aliphatic rings. The Labute approximate surface area is 128 Å². The summed E-state index contributed by atoms with van der Waals surface area (Å²) in [6, 6.07) is 5.72. The highest BCUT2D eigenvalue weighted by molar-refractivity contribution is 6.30. The minimum atomic E-state index is -4.78. The van der Waals surface area contributed by atoms with Crippen LogP contribution in [0.1, 0.15) is 23.0 Å². The molecule has 0 radical (unpaired) electrons. The number of rotatable bonds is 4. The number of nitrogens with one attached hydrogen (secondary N) is 1. The predicted molar refractivity (Wildman–Crippen MR) is 72.7 cm³/mol. The Morgan fingerprint density at radius 3 is 2.77 bits per heavy atom. The summed E-state index contributed by atoms with van der Waals surface area (Å²) in [7, 11) is 0. The highest BCUT2D eigenvalue weighted by Crippen LogP contribution is 2.34. The molecule has 1 heterocycles. The minimum absolute atomic E-state index is 0.0929. The van der Waals surface area contributed by atoms with E-state index < -0.39 is 23.3 Å². The molecule has 1 N–H and O–H groups in total. The second-order valence-electron chi connectivity index (χ2n) is 4.16. The van der Waals surface area contributed by atoms with Gasteiger partial charge in [-0.15, -0.1) is 0 Å². The molecule has 0 unspecified atom stereocenters. The Morgan fingerprint density at radius 2 is 2.18 bits per heavy atom. The van der Waals surface area contributed by atoms with Crippen LogP contribution in [0.25, 0.3) is 5.69 Å². The zero-order valence-electron chi connectivity index (χ0n) is 11.3. The summed E-state index contributed by atoms with van der Waals surface area (Å²) in [5.41, 5.74) is 0.172. The lowest BCUT2D eigenvalue weighted by Gasteiger charge is -2.12. The first-order valence-corrected chi connectivity index (χ1v) is 6.55. The molecule has 0 aliphatic carbocycles. The number of aromatic nitrogens is 2. The third kappa shape index (κ3) is 3.40. The highest BCUT2D eigenvalue weighted by atomic mass is 35.5. The molecule has 22 heavy (non-hydrogen) atoms. The van der Waals surface area contributed by atoms with Gasteiger partial charge in [-0.1, -0.05) is 17.7 Å². The van der Waals surface area contributed by atoms with Crippen LogP contribution in [-0.4, -0.2) is 22.3 Å². The molecule has 0 aliphatic heterocycles. The maximum absolute atomic E-state index is 13.3. The van der Waals surface area contributed by atoms with Gasteiger partial charge in [-0.25, -0.2) is 10.2 Å². The van der Waals surface area contributed by atoms with Crippen molar-refractivity contribution >= 4 is 17.5 Å². The highest BCUT2D eigenvalue weighted by Gasteiger charge is 2.40. The van der Waals surface area contributed by atoms with Gasteiger partial charge in [0.25, 0.3) is 5.91 Å². The fourth-order valence-corrected chi connectivity index (χ4v) is 1.97. The quantitative estimate of drug-likeness (QED) is 0.874. The number of hydrogen-bond donors (Lipinski definition) is 1. The minimum Gasteiger partial charge on any atom is -0.274 e. The van der Waals surface area contributed by atoms with Gasteiger partial charge in [0.05, 0.1) is 24.1 Å². The molecule has 0 saturated heterocycles. The van der Waals surface area contributed by atoms with Crippen molar-refractivity contribution in [1.82, 2.24) is 15.3 Å². The first-order valence-electron chi connectivity index (χ1n) is 6.18. The summed E-state index contributed by atoms with van der Waals surface area (Å²) in [5, 5.41) is 3.90. The first kappa shape index (κ1) is 16.3. The lowest BCUT2D eigenvalue weighted by molar-refractivity contribution is -0.143. The second-order valence-corrected chi connectivity index (χ2v) is 4.60. The molecule has 9 heteroatoms. The summed E-state index contributed by atoms with van der Waals surface area (Å²) in [6.45, 7) is 1.70. The molecule has 0 atom stereocenters. The van der Waals surface area contributed by atoms with Crippen molar-refractivity contribution in [3.63, 3.8) is 0 Å². The van der Waals surface area contributed by atoms with Gasteiger partial charge >= 0.3 is 6.18 Å². The monoisotopic (exact) mass is 333 g/mol. The topological polar surface area (TPSA) is 56.1 Å². The molecule has 1 amide bonds. The van der Waals surface area contributed by atoms with Gasteiger partial charge < -0.3 is 0 Å². The molecule has 5 nitrogen and oxygen atoms in total.